The number of thioether (sulfide) groups is 1. The van der Waals surface area contributed by atoms with Crippen molar-refractivity contribution < 1.29 is 9.67 Å². The summed E-state index contributed by atoms with van der Waals surface area (Å²) in [5, 5.41) is 16.5. The fraction of sp³-hybridized carbons (Fsp3) is 0.111. The molecule has 3 heterocycles. The third kappa shape index (κ3) is 4.76. The number of hydrogen-bond acceptors (Lipinski definition) is 5. The summed E-state index contributed by atoms with van der Waals surface area (Å²) in [5.41, 5.74) is 3.87. The van der Waals surface area contributed by atoms with Crippen LogP contribution in [0.15, 0.2) is 130 Å². The molecule has 0 unspecified atom stereocenters. The molecule has 0 atom stereocenters. The van der Waals surface area contributed by atoms with Crippen LogP contribution < -0.4 is 20.1 Å². The highest BCUT2D eigenvalue weighted by atomic mass is 32.2. The number of fused-ring (bicyclic) bond motifs is 2. The number of nitrogens with zero attached hydrogens (tertiary/aromatic N) is 4. The number of para-hydroxylation sites is 4. The van der Waals surface area contributed by atoms with E-state index in [9.17, 15) is 9.90 Å². The molecule has 0 fully saturated rings. The number of benzene rings is 4. The van der Waals surface area contributed by atoms with Crippen molar-refractivity contribution in [3.05, 3.63) is 141 Å². The fourth-order valence-corrected chi connectivity index (χ4v) is 8.12. The maximum absolute atomic E-state index is 14.5. The number of aromatic nitrogens is 3. The molecule has 0 N–H and O–H groups in total. The van der Waals surface area contributed by atoms with Crippen LogP contribution in [0.2, 0.25) is 0 Å². The molecule has 2 aromatic heterocycles. The van der Waals surface area contributed by atoms with Gasteiger partial charge in [0.25, 0.3) is 10.6 Å². The third-order valence-electron chi connectivity index (χ3n) is 7.77. The molecule has 7 rings (SSSR count). The molecule has 44 heavy (non-hydrogen) atoms. The van der Waals surface area contributed by atoms with Gasteiger partial charge in [0.15, 0.2) is 0 Å². The lowest BCUT2D eigenvalue weighted by atomic mass is 10.1. The lowest BCUT2D eigenvalue weighted by molar-refractivity contribution is -0.665. The zero-order valence-corrected chi connectivity index (χ0v) is 26.0. The summed E-state index contributed by atoms with van der Waals surface area (Å²) in [4.78, 5) is 17.9. The van der Waals surface area contributed by atoms with Crippen LogP contribution in [0, 0.1) is 0 Å². The van der Waals surface area contributed by atoms with Gasteiger partial charge in [0.2, 0.25) is 5.52 Å². The van der Waals surface area contributed by atoms with Crippen molar-refractivity contribution in [2.45, 2.75) is 25.3 Å². The molecule has 0 saturated heterocycles. The predicted molar refractivity (Wildman–Crippen MR) is 180 cm³/mol. The van der Waals surface area contributed by atoms with E-state index < -0.39 is 0 Å². The molecule has 4 aromatic carbocycles. The number of aryl methyl sites for hydroxylation is 1. The molecule has 6 nitrogen and oxygen atoms in total. The topological polar surface area (TPSA) is 57.1 Å². The second kappa shape index (κ2) is 11.7. The van der Waals surface area contributed by atoms with Crippen molar-refractivity contribution >= 4 is 50.7 Å². The lowest BCUT2D eigenvalue weighted by Crippen LogP contribution is -2.33. The van der Waals surface area contributed by atoms with Gasteiger partial charge in [0, 0.05) is 29.5 Å². The maximum atomic E-state index is 14.5. The first kappa shape index (κ1) is 28.0. The Morgan fingerprint density at radius 3 is 2.16 bits per heavy atom. The Hall–Kier alpha value is -4.79. The second-order valence-electron chi connectivity index (χ2n) is 10.3. The van der Waals surface area contributed by atoms with Gasteiger partial charge in [-0.1, -0.05) is 83.8 Å². The van der Waals surface area contributed by atoms with Crippen LogP contribution in [0.4, 0.5) is 5.69 Å². The summed E-state index contributed by atoms with van der Waals surface area (Å²) in [5.74, 6) is -0.360. The Balaban J connectivity index is 1.52. The molecule has 218 valence electrons. The summed E-state index contributed by atoms with van der Waals surface area (Å²) in [7, 11) is 0. The van der Waals surface area contributed by atoms with Crippen LogP contribution in [-0.2, 0) is 6.54 Å². The standard InChI is InChI=1S/C36H30N4O2S2/c1-3-37-28-19-11-13-21-30(28)43-32(37)23-25(24-33-38(4-2)29-20-12-14-22-31(29)44-33)34-35(41)39(26-15-7-5-8-16-26)40(36(34)42)27-17-9-6-10-18-27/h5-24H,3-4H2,1-2H3/b32-23-. The van der Waals surface area contributed by atoms with Crippen molar-refractivity contribution in [2.75, 3.05) is 11.4 Å². The lowest BCUT2D eigenvalue weighted by Gasteiger charge is -2.19. The SMILES string of the molecule is CCN1/C(=C/C(=C\c2sc3ccccc3[n+]2CC)c2c([O-])n(-c3ccccc3)n(-c3ccccc3)c2=O)Sc2ccccc21. The van der Waals surface area contributed by atoms with Crippen molar-refractivity contribution in [1.82, 2.24) is 9.36 Å². The normalized spacial score (nSPS) is 14.1. The average molecular weight is 615 g/mol. The molecule has 6 aromatic rings. The number of rotatable bonds is 7. The van der Waals surface area contributed by atoms with Gasteiger partial charge >= 0.3 is 0 Å². The van der Waals surface area contributed by atoms with E-state index in [0.717, 1.165) is 43.9 Å². The maximum Gasteiger partial charge on any atom is 0.278 e. The minimum absolute atomic E-state index is 0.137. The van der Waals surface area contributed by atoms with Crippen LogP contribution in [0.5, 0.6) is 5.88 Å². The number of anilines is 1. The van der Waals surface area contributed by atoms with E-state index in [0.29, 0.717) is 16.9 Å². The highest BCUT2D eigenvalue weighted by Gasteiger charge is 2.27. The van der Waals surface area contributed by atoms with Crippen LogP contribution in [0.25, 0.3) is 33.2 Å². The van der Waals surface area contributed by atoms with E-state index >= 15 is 0 Å². The summed E-state index contributed by atoms with van der Waals surface area (Å²) in [6.07, 6.45) is 4.03. The van der Waals surface area contributed by atoms with Gasteiger partial charge in [-0.3, -0.25) is 9.48 Å². The van der Waals surface area contributed by atoms with Gasteiger partial charge in [-0.2, -0.15) is 4.57 Å². The van der Waals surface area contributed by atoms with Gasteiger partial charge in [0.05, 0.1) is 27.7 Å². The Kier molecular flexibility index (Phi) is 7.46. The van der Waals surface area contributed by atoms with Gasteiger partial charge in [-0.15, -0.1) is 0 Å². The molecule has 1 aliphatic heterocycles. The highest BCUT2D eigenvalue weighted by Crippen LogP contribution is 2.47. The molecule has 8 heteroatoms. The van der Waals surface area contributed by atoms with Crippen LogP contribution in [0.1, 0.15) is 24.4 Å². The number of hydrogen-bond donors (Lipinski definition) is 0. The largest absolute Gasteiger partial charge is 0.858 e. The van der Waals surface area contributed by atoms with Crippen molar-refractivity contribution in [2.24, 2.45) is 0 Å². The van der Waals surface area contributed by atoms with E-state index in [1.807, 2.05) is 97.1 Å². The zero-order valence-electron chi connectivity index (χ0n) is 24.4. The quantitative estimate of drug-likeness (QED) is 0.178. The summed E-state index contributed by atoms with van der Waals surface area (Å²) in [6.45, 7) is 5.74. The minimum Gasteiger partial charge on any atom is -0.858 e. The first-order valence-electron chi connectivity index (χ1n) is 14.6. The molecule has 0 saturated carbocycles. The van der Waals surface area contributed by atoms with Crippen LogP contribution in [0.3, 0.4) is 0 Å². The van der Waals surface area contributed by atoms with Gasteiger partial charge in [-0.25, -0.2) is 4.68 Å². The third-order valence-corrected chi connectivity index (χ3v) is 9.99. The van der Waals surface area contributed by atoms with E-state index in [1.165, 1.54) is 9.36 Å². The van der Waals surface area contributed by atoms with Crippen LogP contribution >= 0.6 is 23.1 Å². The molecule has 0 aliphatic carbocycles. The zero-order chi connectivity index (χ0) is 30.2. The summed E-state index contributed by atoms with van der Waals surface area (Å²) in [6, 6.07) is 35.3. The minimum atomic E-state index is -0.360. The molecule has 0 spiro atoms. The second-order valence-corrected chi connectivity index (χ2v) is 12.5. The summed E-state index contributed by atoms with van der Waals surface area (Å²) < 4.78 is 6.37. The van der Waals surface area contributed by atoms with Crippen molar-refractivity contribution in [3.8, 4) is 17.3 Å². The fourth-order valence-electron chi connectivity index (χ4n) is 5.76. The molecular weight excluding hydrogens is 585 g/mol. The Labute approximate surface area is 264 Å². The molecule has 0 amide bonds. The van der Waals surface area contributed by atoms with Crippen molar-refractivity contribution in [1.29, 1.82) is 0 Å². The van der Waals surface area contributed by atoms with Gasteiger partial charge in [0.1, 0.15) is 11.2 Å². The smallest absolute Gasteiger partial charge is 0.278 e. The highest BCUT2D eigenvalue weighted by molar-refractivity contribution is 8.03. The predicted octanol–water partition coefficient (Wildman–Crippen LogP) is 7.24. The van der Waals surface area contributed by atoms with Crippen molar-refractivity contribution in [3.63, 3.8) is 0 Å². The molecule has 0 radical (unpaired) electrons. The monoisotopic (exact) mass is 614 g/mol. The van der Waals surface area contributed by atoms with Gasteiger partial charge in [-0.05, 0) is 68.0 Å². The van der Waals surface area contributed by atoms with E-state index in [4.69, 9.17) is 0 Å². The number of thiazole rings is 1. The Bertz CT molecular complexity index is 2110. The first-order chi connectivity index (χ1) is 21.6. The van der Waals surface area contributed by atoms with Crippen LogP contribution in [-0.4, -0.2) is 15.9 Å². The van der Waals surface area contributed by atoms with Gasteiger partial charge < -0.3 is 10.0 Å². The Morgan fingerprint density at radius 1 is 0.818 bits per heavy atom. The number of allylic oxidation sites excluding steroid dienone is 2. The molecular formula is C36H30N4O2S2. The molecule has 1 aliphatic rings. The van der Waals surface area contributed by atoms with E-state index in [1.54, 1.807) is 23.1 Å². The summed E-state index contributed by atoms with van der Waals surface area (Å²) >= 11 is 3.32. The van der Waals surface area contributed by atoms with E-state index in [-0.39, 0.29) is 17.0 Å². The molecule has 0 bridgehead atoms. The van der Waals surface area contributed by atoms with E-state index in [2.05, 4.69) is 47.6 Å². The average Bonchev–Trinajstić information content (AvgIpc) is 3.68. The first-order valence-corrected chi connectivity index (χ1v) is 16.3. The Morgan fingerprint density at radius 2 is 1.45 bits per heavy atom.